The van der Waals surface area contributed by atoms with E-state index in [1.54, 1.807) is 4.90 Å². The highest BCUT2D eigenvalue weighted by Crippen LogP contribution is 2.24. The Kier molecular flexibility index (Phi) is 6.38. The number of nitrogen functional groups attached to an aromatic ring is 1. The lowest BCUT2D eigenvalue weighted by Gasteiger charge is -2.40. The molecule has 2 aromatic heterocycles. The van der Waals surface area contributed by atoms with Gasteiger partial charge in [-0.25, -0.2) is 9.97 Å². The predicted molar refractivity (Wildman–Crippen MR) is 123 cm³/mol. The molecule has 2 N–H and O–H groups in total. The van der Waals surface area contributed by atoms with Crippen LogP contribution < -0.4 is 5.73 Å². The number of fused-ring (bicyclic) bond motifs is 1. The standard InChI is InChI=1S/C22H24ClN5O2S/c1-2-18-22(30)27(12-14-3-6-16-17(11-14)25-13-26-21(16)24)9-10-28(18)20(29)8-5-15-4-7-19(23)31-15/h3-4,6-7,11,13,18H,2,5,8-10,12H2,1H3,(H2,24,25,26)/t18-/m0/s1. The number of nitrogens with two attached hydrogens (primary N) is 1. The third kappa shape index (κ3) is 4.65. The van der Waals surface area contributed by atoms with Crippen LogP contribution in [-0.2, 0) is 22.6 Å². The highest BCUT2D eigenvalue weighted by atomic mass is 35.5. The van der Waals surface area contributed by atoms with Gasteiger partial charge < -0.3 is 15.5 Å². The molecule has 0 unspecified atom stereocenters. The van der Waals surface area contributed by atoms with Gasteiger partial charge in [0.15, 0.2) is 0 Å². The molecule has 31 heavy (non-hydrogen) atoms. The van der Waals surface area contributed by atoms with Crippen LogP contribution in [-0.4, -0.2) is 50.7 Å². The predicted octanol–water partition coefficient (Wildman–Crippen LogP) is 3.51. The number of aryl methyl sites for hydroxylation is 1. The Labute approximate surface area is 189 Å². The van der Waals surface area contributed by atoms with E-state index in [-0.39, 0.29) is 11.8 Å². The smallest absolute Gasteiger partial charge is 0.245 e. The van der Waals surface area contributed by atoms with Crippen molar-refractivity contribution in [3.63, 3.8) is 0 Å². The van der Waals surface area contributed by atoms with E-state index in [2.05, 4.69) is 9.97 Å². The highest BCUT2D eigenvalue weighted by Gasteiger charge is 2.35. The van der Waals surface area contributed by atoms with E-state index in [1.807, 2.05) is 42.2 Å². The zero-order valence-electron chi connectivity index (χ0n) is 17.3. The zero-order valence-corrected chi connectivity index (χ0v) is 18.8. The number of hydrogen-bond donors (Lipinski definition) is 1. The third-order valence-electron chi connectivity index (χ3n) is 5.61. The van der Waals surface area contributed by atoms with Gasteiger partial charge in [-0.15, -0.1) is 11.3 Å². The van der Waals surface area contributed by atoms with Gasteiger partial charge in [-0.3, -0.25) is 9.59 Å². The Balaban J connectivity index is 1.42. The number of hydrogen-bond acceptors (Lipinski definition) is 6. The summed E-state index contributed by atoms with van der Waals surface area (Å²) in [7, 11) is 0. The first-order valence-electron chi connectivity index (χ1n) is 10.3. The van der Waals surface area contributed by atoms with Crippen molar-refractivity contribution in [3.05, 3.63) is 51.4 Å². The minimum absolute atomic E-state index is 0.0106. The van der Waals surface area contributed by atoms with Gasteiger partial charge in [-0.1, -0.05) is 24.6 Å². The minimum Gasteiger partial charge on any atom is -0.383 e. The van der Waals surface area contributed by atoms with Gasteiger partial charge in [-0.2, -0.15) is 0 Å². The van der Waals surface area contributed by atoms with Gasteiger partial charge in [0.1, 0.15) is 18.2 Å². The van der Waals surface area contributed by atoms with Crippen LogP contribution in [0.15, 0.2) is 36.7 Å². The summed E-state index contributed by atoms with van der Waals surface area (Å²) in [6.45, 7) is 3.47. The van der Waals surface area contributed by atoms with Crippen LogP contribution in [0.2, 0.25) is 4.34 Å². The second kappa shape index (κ2) is 9.20. The van der Waals surface area contributed by atoms with E-state index < -0.39 is 6.04 Å². The summed E-state index contributed by atoms with van der Waals surface area (Å²) in [4.78, 5) is 38.9. The molecule has 0 radical (unpaired) electrons. The number of aromatic nitrogens is 2. The average molecular weight is 458 g/mol. The molecule has 0 aliphatic carbocycles. The molecule has 1 atom stereocenters. The van der Waals surface area contributed by atoms with Crippen molar-refractivity contribution in [1.29, 1.82) is 0 Å². The van der Waals surface area contributed by atoms with Crippen LogP contribution in [0.3, 0.4) is 0 Å². The Bertz CT molecular complexity index is 1120. The lowest BCUT2D eigenvalue weighted by Crippen LogP contribution is -2.58. The topological polar surface area (TPSA) is 92.4 Å². The first-order chi connectivity index (χ1) is 15.0. The molecule has 2 amide bonds. The second-order valence-electron chi connectivity index (χ2n) is 7.59. The number of amides is 2. The van der Waals surface area contributed by atoms with Crippen molar-refractivity contribution in [2.75, 3.05) is 18.8 Å². The number of piperazine rings is 1. The number of carbonyl (C=O) groups is 2. The average Bonchev–Trinajstić information content (AvgIpc) is 3.18. The maximum absolute atomic E-state index is 13.1. The van der Waals surface area contributed by atoms with Crippen LogP contribution in [0.4, 0.5) is 5.82 Å². The van der Waals surface area contributed by atoms with Crippen molar-refractivity contribution in [3.8, 4) is 0 Å². The number of benzene rings is 1. The Hall–Kier alpha value is -2.71. The number of rotatable bonds is 6. The monoisotopic (exact) mass is 457 g/mol. The van der Waals surface area contributed by atoms with E-state index in [1.165, 1.54) is 17.7 Å². The second-order valence-corrected chi connectivity index (χ2v) is 9.39. The molecule has 4 rings (SSSR count). The van der Waals surface area contributed by atoms with E-state index in [0.29, 0.717) is 44.7 Å². The van der Waals surface area contributed by atoms with Crippen LogP contribution in [0, 0.1) is 0 Å². The highest BCUT2D eigenvalue weighted by molar-refractivity contribution is 7.16. The van der Waals surface area contributed by atoms with Gasteiger partial charge in [0.05, 0.1) is 9.85 Å². The third-order valence-corrected chi connectivity index (χ3v) is 6.90. The maximum atomic E-state index is 13.1. The fourth-order valence-corrected chi connectivity index (χ4v) is 5.08. The van der Waals surface area contributed by atoms with Gasteiger partial charge in [0, 0.05) is 36.3 Å². The molecule has 1 fully saturated rings. The molecular formula is C22H24ClN5O2S. The lowest BCUT2D eigenvalue weighted by molar-refractivity contribution is -0.152. The van der Waals surface area contributed by atoms with Crippen molar-refractivity contribution >= 4 is 51.5 Å². The summed E-state index contributed by atoms with van der Waals surface area (Å²) in [5, 5.41) is 0.798. The fraction of sp³-hybridized carbons (Fsp3) is 0.364. The van der Waals surface area contributed by atoms with E-state index in [0.717, 1.165) is 25.7 Å². The lowest BCUT2D eigenvalue weighted by atomic mass is 10.1. The van der Waals surface area contributed by atoms with Crippen molar-refractivity contribution in [1.82, 2.24) is 19.8 Å². The quantitative estimate of drug-likeness (QED) is 0.611. The van der Waals surface area contributed by atoms with E-state index in [4.69, 9.17) is 17.3 Å². The minimum atomic E-state index is -0.424. The molecule has 9 heteroatoms. The molecule has 0 bridgehead atoms. The van der Waals surface area contributed by atoms with Gasteiger partial charge in [0.2, 0.25) is 11.8 Å². The van der Waals surface area contributed by atoms with Crippen LogP contribution in [0.1, 0.15) is 30.2 Å². The summed E-state index contributed by atoms with van der Waals surface area (Å²) in [6, 6.07) is 9.13. The molecule has 3 aromatic rings. The number of thiophene rings is 1. The summed E-state index contributed by atoms with van der Waals surface area (Å²) in [5.41, 5.74) is 7.63. The molecule has 1 aliphatic heterocycles. The van der Waals surface area contributed by atoms with E-state index in [9.17, 15) is 9.59 Å². The van der Waals surface area contributed by atoms with Gasteiger partial charge in [0.25, 0.3) is 0 Å². The zero-order chi connectivity index (χ0) is 22.0. The van der Waals surface area contributed by atoms with Crippen LogP contribution >= 0.6 is 22.9 Å². The van der Waals surface area contributed by atoms with Crippen molar-refractivity contribution < 1.29 is 9.59 Å². The van der Waals surface area contributed by atoms with Crippen LogP contribution in [0.5, 0.6) is 0 Å². The molecule has 3 heterocycles. The number of carbonyl (C=O) groups excluding carboxylic acids is 2. The molecule has 7 nitrogen and oxygen atoms in total. The molecule has 0 spiro atoms. The fourth-order valence-electron chi connectivity index (χ4n) is 3.99. The molecule has 0 saturated carbocycles. The maximum Gasteiger partial charge on any atom is 0.245 e. The first kappa shape index (κ1) is 21.5. The largest absolute Gasteiger partial charge is 0.383 e. The Morgan fingerprint density at radius 3 is 2.84 bits per heavy atom. The Morgan fingerprint density at radius 2 is 2.10 bits per heavy atom. The van der Waals surface area contributed by atoms with Gasteiger partial charge in [-0.05, 0) is 42.7 Å². The molecule has 1 saturated heterocycles. The first-order valence-corrected chi connectivity index (χ1v) is 11.5. The van der Waals surface area contributed by atoms with E-state index >= 15 is 0 Å². The summed E-state index contributed by atoms with van der Waals surface area (Å²) >= 11 is 7.46. The SMILES string of the molecule is CC[C@H]1C(=O)N(Cc2ccc3c(N)ncnc3c2)CCN1C(=O)CCc1ccc(Cl)s1. The Morgan fingerprint density at radius 1 is 1.26 bits per heavy atom. The number of anilines is 1. The van der Waals surface area contributed by atoms with Crippen LogP contribution in [0.25, 0.3) is 10.9 Å². The molecule has 1 aromatic carbocycles. The summed E-state index contributed by atoms with van der Waals surface area (Å²) in [5.74, 6) is 0.446. The van der Waals surface area contributed by atoms with Crippen molar-refractivity contribution in [2.24, 2.45) is 0 Å². The van der Waals surface area contributed by atoms with Gasteiger partial charge >= 0.3 is 0 Å². The number of nitrogens with zero attached hydrogens (tertiary/aromatic N) is 4. The molecule has 1 aliphatic rings. The molecule has 162 valence electrons. The number of halogens is 1. The summed E-state index contributed by atoms with van der Waals surface area (Å²) < 4.78 is 0.723. The summed E-state index contributed by atoms with van der Waals surface area (Å²) in [6.07, 6.45) is 3.05. The molecular weight excluding hydrogens is 434 g/mol. The normalized spacial score (nSPS) is 16.8. The van der Waals surface area contributed by atoms with Crippen molar-refractivity contribution in [2.45, 2.75) is 38.8 Å².